The number of benzene rings is 2. The normalized spacial score (nSPS) is 12.1. The highest BCUT2D eigenvalue weighted by molar-refractivity contribution is 7.92. The van der Waals surface area contributed by atoms with E-state index >= 15 is 0 Å². The first-order chi connectivity index (χ1) is 14.0. The Kier molecular flexibility index (Phi) is 5.75. The van der Waals surface area contributed by atoms with Crippen LogP contribution in [0.25, 0.3) is 22.0 Å². The number of fused-ring (bicyclic) bond motifs is 1. The van der Waals surface area contributed by atoms with Gasteiger partial charge in [0.15, 0.2) is 5.75 Å². The van der Waals surface area contributed by atoms with Crippen molar-refractivity contribution in [3.8, 4) is 28.4 Å². The molecular formula is C19H18F2NO6PS. The molecule has 160 valence electrons. The van der Waals surface area contributed by atoms with Crippen molar-refractivity contribution in [3.63, 3.8) is 0 Å². The Morgan fingerprint density at radius 1 is 1.00 bits per heavy atom. The van der Waals surface area contributed by atoms with Crippen LogP contribution in [0, 0.1) is 0 Å². The van der Waals surface area contributed by atoms with Gasteiger partial charge in [0.1, 0.15) is 11.5 Å². The van der Waals surface area contributed by atoms with Crippen LogP contribution in [0.4, 0.5) is 8.78 Å². The largest absolute Gasteiger partial charge is 0.497 e. The number of alkyl halides is 2. The molecule has 0 radical (unpaired) electrons. The second kappa shape index (κ2) is 7.85. The molecule has 0 amide bonds. The fourth-order valence-corrected chi connectivity index (χ4v) is 3.59. The van der Waals surface area contributed by atoms with Gasteiger partial charge in [0.2, 0.25) is 5.43 Å². The minimum Gasteiger partial charge on any atom is -0.497 e. The van der Waals surface area contributed by atoms with E-state index in [1.165, 1.54) is 31.0 Å². The highest BCUT2D eigenvalue weighted by Gasteiger charge is 2.42. The molecule has 0 aliphatic heterocycles. The maximum atomic E-state index is 13.5. The van der Waals surface area contributed by atoms with Gasteiger partial charge in [0, 0.05) is 18.8 Å². The predicted octanol–water partition coefficient (Wildman–Crippen LogP) is 3.36. The van der Waals surface area contributed by atoms with Crippen molar-refractivity contribution < 1.29 is 30.9 Å². The van der Waals surface area contributed by atoms with Gasteiger partial charge in [-0.1, -0.05) is 12.1 Å². The first kappa shape index (κ1) is 22.0. The summed E-state index contributed by atoms with van der Waals surface area (Å²) in [5.41, 5.74) is 0.316. The van der Waals surface area contributed by atoms with Crippen molar-refractivity contribution >= 4 is 30.3 Å². The summed E-state index contributed by atoms with van der Waals surface area (Å²) in [5, 5.41) is -0.206. The fourth-order valence-electron chi connectivity index (χ4n) is 2.96. The third-order valence-electron chi connectivity index (χ3n) is 4.40. The van der Waals surface area contributed by atoms with Gasteiger partial charge >= 0.3 is 15.1 Å². The monoisotopic (exact) mass is 457 g/mol. The highest BCUT2D eigenvalue weighted by atomic mass is 32.2. The summed E-state index contributed by atoms with van der Waals surface area (Å²) in [5.74, 6) is 0.299. The van der Waals surface area contributed by atoms with Gasteiger partial charge in [0.05, 0.1) is 25.1 Å². The summed E-state index contributed by atoms with van der Waals surface area (Å²) >= 11 is 0. The topological polar surface area (TPSA) is 83.8 Å². The molecule has 1 atom stereocenters. The summed E-state index contributed by atoms with van der Waals surface area (Å²) < 4.78 is 67.3. The fraction of sp³-hybridized carbons (Fsp3) is 0.211. The molecule has 0 bridgehead atoms. The molecule has 0 saturated heterocycles. The molecule has 1 aromatic heterocycles. The Balaban J connectivity index is 2.34. The van der Waals surface area contributed by atoms with E-state index in [1.54, 1.807) is 31.3 Å². The zero-order valence-corrected chi connectivity index (χ0v) is 18.2. The molecule has 0 spiro atoms. The van der Waals surface area contributed by atoms with Crippen LogP contribution < -0.4 is 19.1 Å². The Labute approximate surface area is 173 Å². The predicted molar refractivity (Wildman–Crippen MR) is 112 cm³/mol. The van der Waals surface area contributed by atoms with Crippen LogP contribution in [0.3, 0.4) is 0 Å². The molecule has 0 aliphatic rings. The van der Waals surface area contributed by atoms with Crippen molar-refractivity contribution in [2.24, 2.45) is 7.05 Å². The summed E-state index contributed by atoms with van der Waals surface area (Å²) in [6.07, 6.45) is 1.54. The number of rotatable bonds is 6. The molecule has 0 saturated carbocycles. The van der Waals surface area contributed by atoms with Crippen molar-refractivity contribution in [1.82, 2.24) is 4.57 Å². The average molecular weight is 457 g/mol. The molecule has 0 N–H and O–H groups in total. The molecule has 30 heavy (non-hydrogen) atoms. The number of hydrogen-bond acceptors (Lipinski definition) is 6. The zero-order chi connectivity index (χ0) is 22.3. The van der Waals surface area contributed by atoms with Gasteiger partial charge in [-0.05, 0) is 39.1 Å². The molecule has 3 aromatic rings. The van der Waals surface area contributed by atoms with Crippen LogP contribution in [0.5, 0.6) is 17.2 Å². The average Bonchev–Trinajstić information content (AvgIpc) is 2.69. The van der Waals surface area contributed by atoms with Crippen LogP contribution in [0.15, 0.2) is 47.4 Å². The molecule has 1 heterocycles. The van der Waals surface area contributed by atoms with E-state index in [0.717, 1.165) is 15.3 Å². The lowest BCUT2D eigenvalue weighted by Gasteiger charge is -2.17. The lowest BCUT2D eigenvalue weighted by Crippen LogP contribution is -2.27. The molecule has 0 fully saturated rings. The minimum absolute atomic E-state index is 0.194. The third-order valence-corrected chi connectivity index (χ3v) is 6.34. The SMILES string of the molecule is COc1ccc(-c2cn(C)c3c(OC)ccc(OS(=O)(=O)C(F)(F)P)c3c2=O)cc1. The molecular weight excluding hydrogens is 439 g/mol. The van der Waals surface area contributed by atoms with E-state index < -0.39 is 26.3 Å². The highest BCUT2D eigenvalue weighted by Crippen LogP contribution is 2.37. The second-order valence-electron chi connectivity index (χ2n) is 6.30. The summed E-state index contributed by atoms with van der Waals surface area (Å²) in [6, 6.07) is 9.04. The van der Waals surface area contributed by atoms with E-state index in [1.807, 2.05) is 0 Å². The number of methoxy groups -OCH3 is 2. The summed E-state index contributed by atoms with van der Waals surface area (Å²) in [7, 11) is 0.0298. The Hall–Kier alpha value is -2.71. The number of pyridine rings is 1. The molecule has 1 unspecified atom stereocenters. The van der Waals surface area contributed by atoms with E-state index in [4.69, 9.17) is 9.47 Å². The van der Waals surface area contributed by atoms with Crippen molar-refractivity contribution in [2.75, 3.05) is 14.2 Å². The Bertz CT molecular complexity index is 1270. The minimum atomic E-state index is -5.35. The van der Waals surface area contributed by atoms with E-state index in [-0.39, 0.29) is 22.2 Å². The van der Waals surface area contributed by atoms with Crippen LogP contribution >= 0.6 is 9.24 Å². The smallest absolute Gasteiger partial charge is 0.390 e. The zero-order valence-electron chi connectivity index (χ0n) is 16.2. The van der Waals surface area contributed by atoms with Gasteiger partial charge < -0.3 is 18.2 Å². The lowest BCUT2D eigenvalue weighted by atomic mass is 10.0. The maximum Gasteiger partial charge on any atom is 0.390 e. The number of nitrogens with zero attached hydrogens (tertiary/aromatic N) is 1. The third kappa shape index (κ3) is 3.85. The first-order valence-corrected chi connectivity index (χ1v) is 10.4. The first-order valence-electron chi connectivity index (χ1n) is 8.45. The quantitative estimate of drug-likeness (QED) is 0.417. The van der Waals surface area contributed by atoms with E-state index in [0.29, 0.717) is 11.3 Å². The van der Waals surface area contributed by atoms with Gasteiger partial charge in [-0.15, -0.1) is 0 Å². The standard InChI is InChI=1S/C19H18F2NO6PS/c1-22-10-13(11-4-6-12(26-2)7-5-11)18(23)16-14(8-9-15(27-3)17(16)22)28-30(24,25)19(20,21)29/h4-10H,29H2,1-3H3. The molecule has 3 rings (SSSR count). The summed E-state index contributed by atoms with van der Waals surface area (Å²) in [4.78, 5) is 9.05. The summed E-state index contributed by atoms with van der Waals surface area (Å²) in [6.45, 7) is 0. The van der Waals surface area contributed by atoms with E-state index in [9.17, 15) is 22.0 Å². The van der Waals surface area contributed by atoms with Crippen LogP contribution in [-0.2, 0) is 17.2 Å². The number of halogens is 2. The number of hydrogen-bond donors (Lipinski definition) is 0. The number of ether oxygens (including phenoxy) is 2. The second-order valence-corrected chi connectivity index (χ2v) is 9.06. The Morgan fingerprint density at radius 2 is 1.60 bits per heavy atom. The van der Waals surface area contributed by atoms with Gasteiger partial charge in [-0.3, -0.25) is 4.79 Å². The van der Waals surface area contributed by atoms with Crippen LogP contribution in [-0.4, -0.2) is 32.2 Å². The van der Waals surface area contributed by atoms with Crippen LogP contribution in [0.1, 0.15) is 0 Å². The van der Waals surface area contributed by atoms with Gasteiger partial charge in [0.25, 0.3) is 0 Å². The van der Waals surface area contributed by atoms with Crippen molar-refractivity contribution in [3.05, 3.63) is 52.8 Å². The Morgan fingerprint density at radius 3 is 2.13 bits per heavy atom. The number of aromatic nitrogens is 1. The van der Waals surface area contributed by atoms with E-state index in [2.05, 4.69) is 4.18 Å². The van der Waals surface area contributed by atoms with Gasteiger partial charge in [-0.2, -0.15) is 17.2 Å². The maximum absolute atomic E-state index is 13.5. The lowest BCUT2D eigenvalue weighted by molar-refractivity contribution is 0.181. The van der Waals surface area contributed by atoms with Crippen molar-refractivity contribution in [1.29, 1.82) is 0 Å². The molecule has 0 aliphatic carbocycles. The number of aryl methyl sites for hydroxylation is 1. The molecule has 2 aromatic carbocycles. The van der Waals surface area contributed by atoms with Gasteiger partial charge in [-0.25, -0.2) is 0 Å². The molecule has 7 nitrogen and oxygen atoms in total. The van der Waals surface area contributed by atoms with Crippen molar-refractivity contribution in [2.45, 2.75) is 5.00 Å². The van der Waals surface area contributed by atoms with Crippen LogP contribution in [0.2, 0.25) is 0 Å². The molecule has 11 heteroatoms.